The van der Waals surface area contributed by atoms with Gasteiger partial charge in [0, 0.05) is 0 Å². The van der Waals surface area contributed by atoms with Gasteiger partial charge in [0.25, 0.3) is 0 Å². The second-order valence-corrected chi connectivity index (χ2v) is 16.2. The molecule has 0 aliphatic carbocycles. The normalized spacial score (nSPS) is 16.9. The van der Waals surface area contributed by atoms with E-state index in [0.29, 0.717) is 16.6 Å². The topological polar surface area (TPSA) is 9.23 Å². The zero-order valence-electron chi connectivity index (χ0n) is 11.8. The van der Waals surface area contributed by atoms with Crippen molar-refractivity contribution in [2.45, 2.75) is 64.7 Å². The Morgan fingerprint density at radius 3 is 1.50 bits per heavy atom. The fraction of sp³-hybridized carbons (Fsp3) is 0.833. The molecular formula is C12H27ClOSi2. The van der Waals surface area contributed by atoms with Gasteiger partial charge in [-0.25, -0.2) is 0 Å². The van der Waals surface area contributed by atoms with Crippen molar-refractivity contribution >= 4 is 27.0 Å². The molecule has 0 aromatic carbocycles. The van der Waals surface area contributed by atoms with E-state index in [4.69, 9.17) is 15.2 Å². The Hall–Kier alpha value is 0.424. The van der Waals surface area contributed by atoms with Gasteiger partial charge in [0.2, 0.25) is 0 Å². The Morgan fingerprint density at radius 1 is 1.00 bits per heavy atom. The molecule has 0 amide bonds. The highest BCUT2D eigenvalue weighted by molar-refractivity contribution is 7.21. The van der Waals surface area contributed by atoms with Crippen LogP contribution in [0.5, 0.6) is 0 Å². The van der Waals surface area contributed by atoms with Gasteiger partial charge >= 0.3 is 7.63 Å². The third-order valence-corrected chi connectivity index (χ3v) is 13.8. The van der Waals surface area contributed by atoms with Crippen molar-refractivity contribution < 1.29 is 4.12 Å². The summed E-state index contributed by atoms with van der Waals surface area (Å²) in [6.45, 7) is 19.5. The summed E-state index contributed by atoms with van der Waals surface area (Å²) in [4.78, 5) is 0. The fourth-order valence-electron chi connectivity index (χ4n) is 2.74. The highest BCUT2D eigenvalue weighted by atomic mass is 35.6. The second kappa shape index (κ2) is 5.85. The van der Waals surface area contributed by atoms with E-state index in [9.17, 15) is 0 Å². The van der Waals surface area contributed by atoms with Crippen molar-refractivity contribution in [2.75, 3.05) is 0 Å². The Balaban J connectivity index is 5.29. The molecule has 0 aliphatic rings. The predicted octanol–water partition coefficient (Wildman–Crippen LogP) is 5.21. The lowest BCUT2D eigenvalue weighted by Crippen LogP contribution is -2.53. The molecule has 0 aromatic heterocycles. The third kappa shape index (κ3) is 3.46. The molecule has 0 spiro atoms. The number of rotatable bonds is 6. The van der Waals surface area contributed by atoms with Crippen LogP contribution in [0.4, 0.5) is 0 Å². The molecule has 1 atom stereocenters. The fourth-order valence-corrected chi connectivity index (χ4v) is 13.9. The SMILES string of the molecule is C=C[Si](C)(Cl)O[Si](C(C)C)(C(C)C)C(C)C. The third-order valence-electron chi connectivity index (χ3n) is 3.45. The zero-order chi connectivity index (χ0) is 13.1. The van der Waals surface area contributed by atoms with E-state index < -0.39 is 15.9 Å². The first-order valence-corrected chi connectivity index (χ1v) is 11.8. The first-order valence-electron chi connectivity index (χ1n) is 6.12. The summed E-state index contributed by atoms with van der Waals surface area (Å²) >= 11 is 6.47. The Kier molecular flexibility index (Phi) is 6.00. The summed E-state index contributed by atoms with van der Waals surface area (Å²) in [5, 5.41) is 0. The van der Waals surface area contributed by atoms with Gasteiger partial charge in [-0.05, 0) is 23.2 Å². The van der Waals surface area contributed by atoms with Crippen LogP contribution in [-0.4, -0.2) is 15.9 Å². The molecule has 16 heavy (non-hydrogen) atoms. The molecular weight excluding hydrogens is 252 g/mol. The molecule has 4 heteroatoms. The van der Waals surface area contributed by atoms with Crippen LogP contribution in [0.15, 0.2) is 12.3 Å². The van der Waals surface area contributed by atoms with E-state index in [-0.39, 0.29) is 0 Å². The smallest absolute Gasteiger partial charge is 0.301 e. The average molecular weight is 279 g/mol. The van der Waals surface area contributed by atoms with Gasteiger partial charge in [0.15, 0.2) is 8.32 Å². The molecule has 0 bridgehead atoms. The van der Waals surface area contributed by atoms with Gasteiger partial charge in [-0.3, -0.25) is 0 Å². The van der Waals surface area contributed by atoms with Crippen LogP contribution in [0.1, 0.15) is 41.5 Å². The minimum atomic E-state index is -2.20. The zero-order valence-corrected chi connectivity index (χ0v) is 14.6. The monoisotopic (exact) mass is 278 g/mol. The van der Waals surface area contributed by atoms with E-state index in [1.54, 1.807) is 0 Å². The van der Waals surface area contributed by atoms with E-state index >= 15 is 0 Å². The Bertz CT molecular complexity index is 215. The van der Waals surface area contributed by atoms with Crippen molar-refractivity contribution in [1.82, 2.24) is 0 Å². The summed E-state index contributed by atoms with van der Waals surface area (Å²) < 4.78 is 6.48. The van der Waals surface area contributed by atoms with Crippen LogP contribution in [0.3, 0.4) is 0 Å². The highest BCUT2D eigenvalue weighted by Gasteiger charge is 2.48. The lowest BCUT2D eigenvalue weighted by atomic mass is 10.5. The van der Waals surface area contributed by atoms with E-state index in [0.717, 1.165) is 0 Å². The molecule has 96 valence electrons. The molecule has 1 nitrogen and oxygen atoms in total. The first kappa shape index (κ1) is 16.4. The van der Waals surface area contributed by atoms with Crippen molar-refractivity contribution in [3.8, 4) is 0 Å². The largest absolute Gasteiger partial charge is 0.441 e. The predicted molar refractivity (Wildman–Crippen MR) is 79.8 cm³/mol. The molecule has 0 aromatic rings. The summed E-state index contributed by atoms with van der Waals surface area (Å²) in [5.74, 6) is 0. The van der Waals surface area contributed by atoms with Gasteiger partial charge in [0.05, 0.1) is 0 Å². The maximum absolute atomic E-state index is 6.48. The maximum atomic E-state index is 6.48. The number of hydrogen-bond acceptors (Lipinski definition) is 1. The van der Waals surface area contributed by atoms with Crippen LogP contribution >= 0.6 is 11.1 Å². The van der Waals surface area contributed by atoms with Gasteiger partial charge in [0.1, 0.15) is 0 Å². The quantitative estimate of drug-likeness (QED) is 0.478. The molecule has 0 heterocycles. The van der Waals surface area contributed by atoms with E-state index in [2.05, 4.69) is 48.1 Å². The number of halogens is 1. The van der Waals surface area contributed by atoms with Gasteiger partial charge in [-0.1, -0.05) is 47.2 Å². The Morgan fingerprint density at radius 2 is 1.31 bits per heavy atom. The van der Waals surface area contributed by atoms with Gasteiger partial charge in [-0.2, -0.15) is 0 Å². The molecule has 0 rings (SSSR count). The summed E-state index contributed by atoms with van der Waals surface area (Å²) in [6, 6.07) is 0. The summed E-state index contributed by atoms with van der Waals surface area (Å²) in [7, 11) is -4.03. The highest BCUT2D eigenvalue weighted by Crippen LogP contribution is 2.44. The summed E-state index contributed by atoms with van der Waals surface area (Å²) in [5.41, 5.74) is 3.58. The lowest BCUT2D eigenvalue weighted by molar-refractivity contribution is 0.492. The Labute approximate surface area is 108 Å². The van der Waals surface area contributed by atoms with Crippen molar-refractivity contribution in [3.05, 3.63) is 12.3 Å². The maximum Gasteiger partial charge on any atom is 0.301 e. The van der Waals surface area contributed by atoms with E-state index in [1.807, 2.05) is 12.2 Å². The molecule has 0 fully saturated rings. The average Bonchev–Trinajstić information content (AvgIpc) is 2.12. The standard InChI is InChI=1S/C12H27ClOSi2/c1-9-15(8,13)14-16(10(2)3,11(4)5)12(6)7/h9-12H,1H2,2-8H3. The van der Waals surface area contributed by atoms with Crippen molar-refractivity contribution in [3.63, 3.8) is 0 Å². The number of hydrogen-bond donors (Lipinski definition) is 0. The van der Waals surface area contributed by atoms with Gasteiger partial charge in [-0.15, -0.1) is 17.7 Å². The minimum absolute atomic E-state index is 0.582. The van der Waals surface area contributed by atoms with E-state index in [1.165, 1.54) is 0 Å². The van der Waals surface area contributed by atoms with Crippen molar-refractivity contribution in [1.29, 1.82) is 0 Å². The molecule has 1 unspecified atom stereocenters. The molecule has 0 radical (unpaired) electrons. The van der Waals surface area contributed by atoms with Crippen molar-refractivity contribution in [2.24, 2.45) is 0 Å². The lowest BCUT2D eigenvalue weighted by Gasteiger charge is -2.45. The van der Waals surface area contributed by atoms with Crippen LogP contribution < -0.4 is 0 Å². The second-order valence-electron chi connectivity index (χ2n) is 5.61. The first-order chi connectivity index (χ1) is 7.10. The molecule has 0 saturated heterocycles. The molecule has 0 aliphatic heterocycles. The van der Waals surface area contributed by atoms with Crippen LogP contribution in [-0.2, 0) is 4.12 Å². The van der Waals surface area contributed by atoms with Crippen LogP contribution in [0.25, 0.3) is 0 Å². The minimum Gasteiger partial charge on any atom is -0.441 e. The van der Waals surface area contributed by atoms with Gasteiger partial charge < -0.3 is 4.12 Å². The molecule has 0 saturated carbocycles. The van der Waals surface area contributed by atoms with Crippen LogP contribution in [0, 0.1) is 0 Å². The summed E-state index contributed by atoms with van der Waals surface area (Å²) in [6.07, 6.45) is 0. The molecule has 0 N–H and O–H groups in total. The van der Waals surface area contributed by atoms with Crippen LogP contribution in [0.2, 0.25) is 23.2 Å².